The maximum Gasteiger partial charge on any atom is 0.208 e. The summed E-state index contributed by atoms with van der Waals surface area (Å²) in [4.78, 5) is 11.6. The molecule has 1 heterocycles. The first-order valence-corrected chi connectivity index (χ1v) is 4.39. The van der Waals surface area contributed by atoms with E-state index in [2.05, 4.69) is 10.2 Å². The van der Waals surface area contributed by atoms with Crippen LogP contribution in [0.3, 0.4) is 0 Å². The number of aryl methyl sites for hydroxylation is 1. The normalized spacial score (nSPS) is 10.1. The van der Waals surface area contributed by atoms with Gasteiger partial charge in [-0.3, -0.25) is 9.89 Å². The molecule has 2 rings (SSSR count). The van der Waals surface area contributed by atoms with E-state index in [1.54, 1.807) is 6.07 Å². The Labute approximate surface area is 81.4 Å². The van der Waals surface area contributed by atoms with Crippen molar-refractivity contribution in [1.82, 2.24) is 10.2 Å². The lowest BCUT2D eigenvalue weighted by Crippen LogP contribution is -2.08. The Morgan fingerprint density at radius 3 is 2.57 bits per heavy atom. The first-order valence-electron chi connectivity index (χ1n) is 4.39. The van der Waals surface area contributed by atoms with Crippen LogP contribution in [0, 0.1) is 6.92 Å². The highest BCUT2D eigenvalue weighted by Gasteiger charge is 2.03. The van der Waals surface area contributed by atoms with Gasteiger partial charge < -0.3 is 0 Å². The monoisotopic (exact) mass is 186 g/mol. The minimum atomic E-state index is -0.0487. The van der Waals surface area contributed by atoms with Gasteiger partial charge in [0, 0.05) is 17.3 Å². The number of hydrogen-bond acceptors (Lipinski definition) is 2. The van der Waals surface area contributed by atoms with Crippen LogP contribution >= 0.6 is 0 Å². The second kappa shape index (κ2) is 3.46. The van der Waals surface area contributed by atoms with Crippen LogP contribution in [-0.2, 0) is 0 Å². The molecule has 0 aliphatic carbocycles. The van der Waals surface area contributed by atoms with Crippen molar-refractivity contribution in [1.29, 1.82) is 0 Å². The zero-order valence-electron chi connectivity index (χ0n) is 7.82. The van der Waals surface area contributed by atoms with Gasteiger partial charge in [0.05, 0.1) is 0 Å². The van der Waals surface area contributed by atoms with E-state index >= 15 is 0 Å². The summed E-state index contributed by atoms with van der Waals surface area (Å²) in [6.45, 7) is 1.81. The summed E-state index contributed by atoms with van der Waals surface area (Å²) in [5, 5.41) is 6.80. The van der Waals surface area contributed by atoms with Gasteiger partial charge in [-0.15, -0.1) is 0 Å². The average Bonchev–Trinajstić information content (AvgIpc) is 2.19. The van der Waals surface area contributed by atoms with Gasteiger partial charge >= 0.3 is 0 Å². The smallest absolute Gasteiger partial charge is 0.208 e. The lowest BCUT2D eigenvalue weighted by Gasteiger charge is -1.98. The second-order valence-electron chi connectivity index (χ2n) is 3.13. The number of H-pyrrole nitrogens is 1. The van der Waals surface area contributed by atoms with E-state index < -0.39 is 0 Å². The van der Waals surface area contributed by atoms with Crippen molar-refractivity contribution in [2.45, 2.75) is 6.92 Å². The number of aromatic amines is 1. The highest BCUT2D eigenvalue weighted by molar-refractivity contribution is 5.57. The Bertz CT molecular complexity index is 488. The quantitative estimate of drug-likeness (QED) is 0.737. The number of aromatic nitrogens is 2. The first kappa shape index (κ1) is 8.69. The molecule has 1 aromatic heterocycles. The van der Waals surface area contributed by atoms with Gasteiger partial charge in [0.2, 0.25) is 5.43 Å². The fourth-order valence-electron chi connectivity index (χ4n) is 1.30. The van der Waals surface area contributed by atoms with E-state index in [1.807, 2.05) is 37.3 Å². The van der Waals surface area contributed by atoms with Crippen molar-refractivity contribution in [2.75, 3.05) is 0 Å². The van der Waals surface area contributed by atoms with Crippen molar-refractivity contribution in [3.63, 3.8) is 0 Å². The predicted molar refractivity (Wildman–Crippen MR) is 55.0 cm³/mol. The molecule has 0 unspecified atom stereocenters. The third-order valence-electron chi connectivity index (χ3n) is 1.97. The van der Waals surface area contributed by atoms with Gasteiger partial charge in [-0.1, -0.05) is 30.3 Å². The van der Waals surface area contributed by atoms with Crippen LogP contribution in [0.25, 0.3) is 11.3 Å². The fraction of sp³-hybridized carbons (Fsp3) is 0.0909. The SMILES string of the molecule is Cc1cc(=O)c(-c2ccccc2)n[nH]1. The lowest BCUT2D eigenvalue weighted by molar-refractivity contribution is 0.976. The van der Waals surface area contributed by atoms with Crippen LogP contribution in [0.2, 0.25) is 0 Å². The molecule has 0 aliphatic rings. The number of nitrogens with zero attached hydrogens (tertiary/aromatic N) is 1. The fourth-order valence-corrected chi connectivity index (χ4v) is 1.30. The zero-order chi connectivity index (χ0) is 9.97. The molecular formula is C11H10N2O. The maximum atomic E-state index is 11.6. The second-order valence-corrected chi connectivity index (χ2v) is 3.13. The van der Waals surface area contributed by atoms with Crippen LogP contribution in [0.15, 0.2) is 41.2 Å². The topological polar surface area (TPSA) is 45.8 Å². The molecule has 0 aliphatic heterocycles. The molecule has 0 saturated heterocycles. The Balaban J connectivity index is 2.59. The van der Waals surface area contributed by atoms with Crippen molar-refractivity contribution >= 4 is 0 Å². The molecule has 1 aromatic carbocycles. The van der Waals surface area contributed by atoms with E-state index in [1.165, 1.54) is 0 Å². The molecule has 0 fully saturated rings. The molecule has 0 amide bonds. The molecule has 0 radical (unpaired) electrons. The molecule has 2 aromatic rings. The summed E-state index contributed by atoms with van der Waals surface area (Å²) in [5.74, 6) is 0. The van der Waals surface area contributed by atoms with Crippen molar-refractivity contribution in [2.24, 2.45) is 0 Å². The predicted octanol–water partition coefficient (Wildman–Crippen LogP) is 1.75. The van der Waals surface area contributed by atoms with Crippen LogP contribution in [0.4, 0.5) is 0 Å². The van der Waals surface area contributed by atoms with Crippen molar-refractivity contribution < 1.29 is 0 Å². The van der Waals surface area contributed by atoms with E-state index in [0.29, 0.717) is 5.69 Å². The van der Waals surface area contributed by atoms with Gasteiger partial charge in [-0.05, 0) is 6.92 Å². The van der Waals surface area contributed by atoms with E-state index in [4.69, 9.17) is 0 Å². The number of benzene rings is 1. The van der Waals surface area contributed by atoms with Crippen LogP contribution < -0.4 is 5.43 Å². The van der Waals surface area contributed by atoms with Crippen molar-refractivity contribution in [3.8, 4) is 11.3 Å². The largest absolute Gasteiger partial charge is 0.287 e. The minimum Gasteiger partial charge on any atom is -0.287 e. The number of nitrogens with one attached hydrogen (secondary N) is 1. The van der Waals surface area contributed by atoms with Gasteiger partial charge in [0.25, 0.3) is 0 Å². The summed E-state index contributed by atoms with van der Waals surface area (Å²) in [7, 11) is 0. The summed E-state index contributed by atoms with van der Waals surface area (Å²) < 4.78 is 0. The Morgan fingerprint density at radius 2 is 1.93 bits per heavy atom. The maximum absolute atomic E-state index is 11.6. The number of hydrogen-bond donors (Lipinski definition) is 1. The molecule has 0 bridgehead atoms. The minimum absolute atomic E-state index is 0.0487. The molecular weight excluding hydrogens is 176 g/mol. The molecule has 0 saturated carbocycles. The van der Waals surface area contributed by atoms with Crippen LogP contribution in [0.1, 0.15) is 5.69 Å². The van der Waals surface area contributed by atoms with Crippen molar-refractivity contribution in [3.05, 3.63) is 52.3 Å². The van der Waals surface area contributed by atoms with E-state index in [0.717, 1.165) is 11.3 Å². The summed E-state index contributed by atoms with van der Waals surface area (Å²) in [5.41, 5.74) is 2.03. The van der Waals surface area contributed by atoms with E-state index in [9.17, 15) is 4.79 Å². The summed E-state index contributed by atoms with van der Waals surface area (Å²) >= 11 is 0. The van der Waals surface area contributed by atoms with E-state index in [-0.39, 0.29) is 5.43 Å². The van der Waals surface area contributed by atoms with Gasteiger partial charge in [-0.2, -0.15) is 5.10 Å². The van der Waals surface area contributed by atoms with Gasteiger partial charge in [0.15, 0.2) is 0 Å². The highest BCUT2D eigenvalue weighted by Crippen LogP contribution is 2.10. The van der Waals surface area contributed by atoms with Gasteiger partial charge in [0.1, 0.15) is 5.69 Å². The van der Waals surface area contributed by atoms with Crippen LogP contribution in [-0.4, -0.2) is 10.2 Å². The Morgan fingerprint density at radius 1 is 1.21 bits per heavy atom. The molecule has 70 valence electrons. The molecule has 3 nitrogen and oxygen atoms in total. The van der Waals surface area contributed by atoms with Gasteiger partial charge in [-0.25, -0.2) is 0 Å². The third kappa shape index (κ3) is 1.57. The number of rotatable bonds is 1. The Kier molecular flexibility index (Phi) is 2.14. The average molecular weight is 186 g/mol. The highest BCUT2D eigenvalue weighted by atomic mass is 16.1. The molecule has 3 heteroatoms. The molecule has 14 heavy (non-hydrogen) atoms. The molecule has 0 spiro atoms. The summed E-state index contributed by atoms with van der Waals surface area (Å²) in [6.07, 6.45) is 0. The Hall–Kier alpha value is -1.90. The van der Waals surface area contributed by atoms with Crippen LogP contribution in [0.5, 0.6) is 0 Å². The summed E-state index contributed by atoms with van der Waals surface area (Å²) in [6, 6.07) is 11.0. The molecule has 0 atom stereocenters. The first-order chi connectivity index (χ1) is 6.77. The standard InChI is InChI=1S/C11H10N2O/c1-8-7-10(14)11(13-12-8)9-5-3-2-4-6-9/h2-7H,1H3,(H,12,14). The molecule has 1 N–H and O–H groups in total. The zero-order valence-corrected chi connectivity index (χ0v) is 7.82. The third-order valence-corrected chi connectivity index (χ3v) is 1.97. The lowest BCUT2D eigenvalue weighted by atomic mass is 10.1.